The van der Waals surface area contributed by atoms with Crippen molar-refractivity contribution in [2.24, 2.45) is 0 Å². The first-order valence-electron chi connectivity index (χ1n) is 7.26. The molecule has 0 saturated carbocycles. The number of aliphatic carboxylic acids is 1. The molecule has 9 heteroatoms. The first-order chi connectivity index (χ1) is 11.5. The standard InChI is InChI=1S/C16H16F3N3O3/c1-9-4-6-11(7-5-9)22-13(16(17,18)19)12(8-20-22)14(23)21(3)10(2)15(24)25/h4-8,10H,1-3H3,(H,24,25). The summed E-state index contributed by atoms with van der Waals surface area (Å²) >= 11 is 0. The number of rotatable bonds is 4. The molecule has 1 heterocycles. The lowest BCUT2D eigenvalue weighted by Crippen LogP contribution is -2.40. The highest BCUT2D eigenvalue weighted by Gasteiger charge is 2.41. The van der Waals surface area contributed by atoms with Gasteiger partial charge in [-0.05, 0) is 26.0 Å². The van der Waals surface area contributed by atoms with Crippen molar-refractivity contribution in [3.8, 4) is 5.69 Å². The molecular weight excluding hydrogens is 339 g/mol. The van der Waals surface area contributed by atoms with E-state index in [-0.39, 0.29) is 5.69 Å². The number of hydrogen-bond acceptors (Lipinski definition) is 3. The van der Waals surface area contributed by atoms with Crippen molar-refractivity contribution in [2.75, 3.05) is 7.05 Å². The van der Waals surface area contributed by atoms with Crippen molar-refractivity contribution in [3.63, 3.8) is 0 Å². The number of nitrogens with zero attached hydrogens (tertiary/aromatic N) is 3. The van der Waals surface area contributed by atoms with Crippen LogP contribution in [0.15, 0.2) is 30.5 Å². The highest BCUT2D eigenvalue weighted by atomic mass is 19.4. The van der Waals surface area contributed by atoms with Crippen molar-refractivity contribution in [1.29, 1.82) is 0 Å². The largest absolute Gasteiger partial charge is 0.480 e. The molecule has 6 nitrogen and oxygen atoms in total. The summed E-state index contributed by atoms with van der Waals surface area (Å²) in [5.74, 6) is -2.39. The van der Waals surface area contributed by atoms with Crippen LogP contribution in [-0.2, 0) is 11.0 Å². The zero-order chi connectivity index (χ0) is 18.9. The molecule has 0 saturated heterocycles. The molecule has 2 rings (SSSR count). The van der Waals surface area contributed by atoms with E-state index >= 15 is 0 Å². The van der Waals surface area contributed by atoms with Crippen molar-refractivity contribution in [3.05, 3.63) is 47.3 Å². The first-order valence-corrected chi connectivity index (χ1v) is 7.26. The van der Waals surface area contributed by atoms with Crippen molar-refractivity contribution in [1.82, 2.24) is 14.7 Å². The monoisotopic (exact) mass is 355 g/mol. The van der Waals surface area contributed by atoms with Gasteiger partial charge < -0.3 is 10.0 Å². The van der Waals surface area contributed by atoms with Gasteiger partial charge in [-0.3, -0.25) is 4.79 Å². The summed E-state index contributed by atoms with van der Waals surface area (Å²) in [6.07, 6.45) is -4.05. The lowest BCUT2D eigenvalue weighted by atomic mass is 10.1. The molecule has 0 fully saturated rings. The Morgan fingerprint density at radius 3 is 2.28 bits per heavy atom. The van der Waals surface area contributed by atoms with Crippen LogP contribution in [0.4, 0.5) is 13.2 Å². The smallest absolute Gasteiger partial charge is 0.434 e. The molecule has 1 aromatic heterocycles. The van der Waals surface area contributed by atoms with Crippen LogP contribution in [0, 0.1) is 6.92 Å². The fraction of sp³-hybridized carbons (Fsp3) is 0.312. The quantitative estimate of drug-likeness (QED) is 0.915. The van der Waals surface area contributed by atoms with Crippen LogP contribution in [-0.4, -0.2) is 44.8 Å². The fourth-order valence-electron chi connectivity index (χ4n) is 2.19. The Kier molecular flexibility index (Phi) is 4.87. The van der Waals surface area contributed by atoms with E-state index in [1.165, 1.54) is 19.1 Å². The number of benzene rings is 1. The number of carbonyl (C=O) groups is 2. The van der Waals surface area contributed by atoms with E-state index in [1.807, 2.05) is 0 Å². The summed E-state index contributed by atoms with van der Waals surface area (Å²) in [4.78, 5) is 24.1. The molecule has 134 valence electrons. The van der Waals surface area contributed by atoms with Gasteiger partial charge in [0.2, 0.25) is 0 Å². The second-order valence-corrected chi connectivity index (χ2v) is 5.58. The number of aryl methyl sites for hydroxylation is 1. The van der Waals surface area contributed by atoms with Crippen molar-refractivity contribution in [2.45, 2.75) is 26.1 Å². The highest BCUT2D eigenvalue weighted by Crippen LogP contribution is 2.34. The second-order valence-electron chi connectivity index (χ2n) is 5.58. The van der Waals surface area contributed by atoms with Gasteiger partial charge in [0, 0.05) is 7.05 Å². The molecular formula is C16H16F3N3O3. The Hall–Kier alpha value is -2.84. The molecule has 0 radical (unpaired) electrons. The maximum atomic E-state index is 13.5. The number of hydrogen-bond donors (Lipinski definition) is 1. The molecule has 1 atom stereocenters. The number of carbonyl (C=O) groups excluding carboxylic acids is 1. The first kappa shape index (κ1) is 18.5. The summed E-state index contributed by atoms with van der Waals surface area (Å²) in [5.41, 5.74) is -0.948. The number of amides is 1. The van der Waals surface area contributed by atoms with Crippen LogP contribution in [0.2, 0.25) is 0 Å². The summed E-state index contributed by atoms with van der Waals surface area (Å²) in [5, 5.41) is 12.6. The maximum Gasteiger partial charge on any atom is 0.434 e. The van der Waals surface area contributed by atoms with Crippen LogP contribution in [0.25, 0.3) is 5.69 Å². The lowest BCUT2D eigenvalue weighted by molar-refractivity contribution is -0.143. The molecule has 0 aliphatic heterocycles. The fourth-order valence-corrected chi connectivity index (χ4v) is 2.19. The van der Waals surface area contributed by atoms with Crippen LogP contribution < -0.4 is 0 Å². The van der Waals surface area contributed by atoms with E-state index < -0.39 is 35.4 Å². The molecule has 0 aliphatic carbocycles. The Balaban J connectivity index is 2.55. The molecule has 1 unspecified atom stereocenters. The third-order valence-electron chi connectivity index (χ3n) is 3.81. The van der Waals surface area contributed by atoms with Gasteiger partial charge in [0.1, 0.15) is 6.04 Å². The third-order valence-corrected chi connectivity index (χ3v) is 3.81. The zero-order valence-electron chi connectivity index (χ0n) is 13.7. The van der Waals surface area contributed by atoms with Gasteiger partial charge in [0.05, 0.1) is 17.4 Å². The summed E-state index contributed by atoms with van der Waals surface area (Å²) in [6.45, 7) is 2.99. The van der Waals surface area contributed by atoms with Gasteiger partial charge in [-0.1, -0.05) is 17.7 Å². The van der Waals surface area contributed by atoms with E-state index in [2.05, 4.69) is 5.10 Å². The van der Waals surface area contributed by atoms with Gasteiger partial charge in [0.25, 0.3) is 5.91 Å². The molecule has 1 aromatic carbocycles. The van der Waals surface area contributed by atoms with Crippen LogP contribution in [0.3, 0.4) is 0 Å². The lowest BCUT2D eigenvalue weighted by Gasteiger charge is -2.22. The number of carboxylic acids is 1. The van der Waals surface area contributed by atoms with Crippen LogP contribution >= 0.6 is 0 Å². The van der Waals surface area contributed by atoms with Crippen LogP contribution in [0.5, 0.6) is 0 Å². The van der Waals surface area contributed by atoms with Crippen LogP contribution in [0.1, 0.15) is 28.5 Å². The molecule has 0 aliphatic rings. The average Bonchev–Trinajstić information content (AvgIpc) is 2.98. The molecule has 2 aromatic rings. The Labute approximate surface area is 141 Å². The Morgan fingerprint density at radius 1 is 1.24 bits per heavy atom. The van der Waals surface area contributed by atoms with Crippen molar-refractivity contribution < 1.29 is 27.9 Å². The van der Waals surface area contributed by atoms with E-state index in [9.17, 15) is 22.8 Å². The maximum absolute atomic E-state index is 13.5. The number of aromatic nitrogens is 2. The van der Waals surface area contributed by atoms with E-state index in [0.717, 1.165) is 23.7 Å². The summed E-state index contributed by atoms with van der Waals surface area (Å²) in [6, 6.07) is 4.87. The molecule has 1 N–H and O–H groups in total. The molecule has 1 amide bonds. The number of halogens is 3. The number of alkyl halides is 3. The summed E-state index contributed by atoms with van der Waals surface area (Å²) < 4.78 is 41.3. The van der Waals surface area contributed by atoms with E-state index in [0.29, 0.717) is 4.68 Å². The molecule has 0 bridgehead atoms. The highest BCUT2D eigenvalue weighted by molar-refractivity contribution is 5.97. The Bertz CT molecular complexity index is 797. The minimum absolute atomic E-state index is 0.144. The van der Waals surface area contributed by atoms with Gasteiger partial charge >= 0.3 is 12.1 Å². The third kappa shape index (κ3) is 3.65. The second kappa shape index (κ2) is 6.58. The average molecular weight is 355 g/mol. The predicted octanol–water partition coefficient (Wildman–Crippen LogP) is 2.74. The predicted molar refractivity (Wildman–Crippen MR) is 82.5 cm³/mol. The number of carboxylic acid groups (broad SMARTS) is 1. The van der Waals surface area contributed by atoms with Gasteiger partial charge in [0.15, 0.2) is 5.69 Å². The summed E-state index contributed by atoms with van der Waals surface area (Å²) in [7, 11) is 1.13. The molecule has 25 heavy (non-hydrogen) atoms. The minimum Gasteiger partial charge on any atom is -0.480 e. The van der Waals surface area contributed by atoms with Gasteiger partial charge in [-0.25, -0.2) is 9.48 Å². The molecule has 0 spiro atoms. The van der Waals surface area contributed by atoms with Gasteiger partial charge in [-0.15, -0.1) is 0 Å². The van der Waals surface area contributed by atoms with E-state index in [1.54, 1.807) is 19.1 Å². The topological polar surface area (TPSA) is 75.4 Å². The Morgan fingerprint density at radius 2 is 1.80 bits per heavy atom. The minimum atomic E-state index is -4.85. The van der Waals surface area contributed by atoms with Crippen molar-refractivity contribution >= 4 is 11.9 Å². The number of likely N-dealkylation sites (N-methyl/N-ethyl adjacent to an activating group) is 1. The normalized spacial score (nSPS) is 12.7. The van der Waals surface area contributed by atoms with Gasteiger partial charge in [-0.2, -0.15) is 18.3 Å². The van der Waals surface area contributed by atoms with E-state index in [4.69, 9.17) is 5.11 Å². The SMILES string of the molecule is Cc1ccc(-n2ncc(C(=O)N(C)C(C)C(=O)O)c2C(F)(F)F)cc1. The zero-order valence-corrected chi connectivity index (χ0v) is 13.7.